The number of aliphatic carboxylic acids is 2. The first kappa shape index (κ1) is 38.8. The normalized spacial score (nSPS) is 10.3. The molecular formula is C28H35NaO7S. The maximum Gasteiger partial charge on any atom is 1.00 e. The molecule has 0 spiro atoms. The van der Waals surface area contributed by atoms with E-state index in [1.807, 2.05) is 42.5 Å². The van der Waals surface area contributed by atoms with Crippen LogP contribution < -0.4 is 29.6 Å². The van der Waals surface area contributed by atoms with Crippen LogP contribution >= 0.6 is 0 Å². The SMILES string of the molecule is C=C(C)C(=O)O.C=Cc1ccccc1.CC(=CCC(C)C)C(=O)O.O=S(=O)([O-])C=Cc1ccccc1.[Na+]. The molecule has 0 heterocycles. The summed E-state index contributed by atoms with van der Waals surface area (Å²) in [5.41, 5.74) is 2.48. The van der Waals surface area contributed by atoms with Crippen molar-refractivity contribution in [3.05, 3.63) is 108 Å². The van der Waals surface area contributed by atoms with Crippen molar-refractivity contribution in [2.24, 2.45) is 5.92 Å². The fraction of sp³-hybridized carbons (Fsp3) is 0.214. The van der Waals surface area contributed by atoms with Gasteiger partial charge in [-0.2, -0.15) is 0 Å². The Morgan fingerprint density at radius 2 is 1.32 bits per heavy atom. The monoisotopic (exact) mass is 538 g/mol. The standard InChI is InChI=1S/C8H8O3S.C8H14O2.C8H8.C4H6O2.Na/c9-12(10,11)7-6-8-4-2-1-3-5-8;1-6(2)4-5-7(3)8(9)10;1-2-8-6-4-3-5-7-8;1-3(2)4(5)6;/h1-7H,(H,9,10,11);5-6H,4H2,1-3H3,(H,9,10);2-7H,1H2;1H2,2H3,(H,5,6);/q;;;;+1/p-1. The van der Waals surface area contributed by atoms with Crippen LogP contribution in [0.1, 0.15) is 45.2 Å². The topological polar surface area (TPSA) is 132 Å². The second-order valence-corrected chi connectivity index (χ2v) is 8.99. The minimum Gasteiger partial charge on any atom is -0.744 e. The molecule has 0 bridgehead atoms. The fourth-order valence-electron chi connectivity index (χ4n) is 1.81. The predicted molar refractivity (Wildman–Crippen MR) is 145 cm³/mol. The molecule has 0 saturated carbocycles. The van der Waals surface area contributed by atoms with Crippen molar-refractivity contribution in [2.75, 3.05) is 0 Å². The van der Waals surface area contributed by atoms with Gasteiger partial charge in [-0.15, -0.1) is 0 Å². The minimum absolute atomic E-state index is 0. The molecule has 2 rings (SSSR count). The molecule has 0 saturated heterocycles. The van der Waals surface area contributed by atoms with Crippen LogP contribution in [0.2, 0.25) is 0 Å². The van der Waals surface area contributed by atoms with Gasteiger partial charge in [-0.1, -0.05) is 99.8 Å². The van der Waals surface area contributed by atoms with Crippen LogP contribution in [0.3, 0.4) is 0 Å². The Kier molecular flexibility index (Phi) is 23.5. The van der Waals surface area contributed by atoms with Gasteiger partial charge in [0.2, 0.25) is 0 Å². The van der Waals surface area contributed by atoms with E-state index in [0.29, 0.717) is 22.5 Å². The molecule has 37 heavy (non-hydrogen) atoms. The van der Waals surface area contributed by atoms with Crippen molar-refractivity contribution >= 4 is 34.2 Å². The zero-order chi connectivity index (χ0) is 28.1. The molecule has 7 nitrogen and oxygen atoms in total. The van der Waals surface area contributed by atoms with Gasteiger partial charge >= 0.3 is 41.5 Å². The minimum atomic E-state index is -4.25. The van der Waals surface area contributed by atoms with Crippen molar-refractivity contribution in [1.29, 1.82) is 0 Å². The zero-order valence-corrected chi connectivity index (χ0v) is 24.9. The van der Waals surface area contributed by atoms with Crippen LogP contribution in [0, 0.1) is 5.92 Å². The summed E-state index contributed by atoms with van der Waals surface area (Å²) in [6.45, 7) is 14.0. The maximum atomic E-state index is 10.2. The Hall–Kier alpha value is -2.75. The maximum absolute atomic E-state index is 10.2. The summed E-state index contributed by atoms with van der Waals surface area (Å²) >= 11 is 0. The summed E-state index contributed by atoms with van der Waals surface area (Å²) in [5.74, 6) is -1.22. The van der Waals surface area contributed by atoms with E-state index in [2.05, 4.69) is 27.0 Å². The van der Waals surface area contributed by atoms with E-state index in [1.165, 1.54) is 18.6 Å². The smallest absolute Gasteiger partial charge is 0.744 e. The number of carboxylic acids is 2. The molecule has 0 aliphatic rings. The Labute approximate surface area is 243 Å². The Morgan fingerprint density at radius 3 is 1.59 bits per heavy atom. The van der Waals surface area contributed by atoms with E-state index in [0.717, 1.165) is 6.42 Å². The van der Waals surface area contributed by atoms with Gasteiger partial charge in [0, 0.05) is 16.6 Å². The molecule has 0 unspecified atom stereocenters. The van der Waals surface area contributed by atoms with Gasteiger partial charge < -0.3 is 14.8 Å². The first-order valence-corrected chi connectivity index (χ1v) is 12.3. The number of rotatable bonds is 7. The summed E-state index contributed by atoms with van der Waals surface area (Å²) in [6.07, 6.45) is 5.70. The number of carbonyl (C=O) groups is 2. The number of benzene rings is 2. The average Bonchev–Trinajstić information content (AvgIpc) is 2.83. The van der Waals surface area contributed by atoms with Crippen LogP contribution in [0.5, 0.6) is 0 Å². The third-order valence-corrected chi connectivity index (χ3v) is 4.33. The molecule has 0 aliphatic carbocycles. The number of carboxylic acid groups (broad SMARTS) is 2. The Balaban J connectivity index is -0.000000425. The van der Waals surface area contributed by atoms with Crippen molar-refractivity contribution in [2.45, 2.75) is 34.1 Å². The zero-order valence-electron chi connectivity index (χ0n) is 22.1. The predicted octanol–water partition coefficient (Wildman–Crippen LogP) is 3.25. The number of allylic oxidation sites excluding steroid dienone is 1. The molecule has 0 atom stereocenters. The molecule has 0 amide bonds. The summed E-state index contributed by atoms with van der Waals surface area (Å²) in [7, 11) is -4.25. The second-order valence-electron chi connectivity index (χ2n) is 7.73. The molecule has 9 heteroatoms. The molecule has 0 radical (unpaired) electrons. The van der Waals surface area contributed by atoms with Crippen molar-refractivity contribution in [1.82, 2.24) is 0 Å². The number of hydrogen-bond acceptors (Lipinski definition) is 5. The van der Waals surface area contributed by atoms with Gasteiger partial charge in [0.05, 0.1) is 0 Å². The summed E-state index contributed by atoms with van der Waals surface area (Å²) < 4.78 is 30.5. The van der Waals surface area contributed by atoms with E-state index in [9.17, 15) is 22.6 Å². The third kappa shape index (κ3) is 27.7. The molecule has 0 aromatic heterocycles. The van der Waals surface area contributed by atoms with Gasteiger partial charge in [-0.3, -0.25) is 0 Å². The summed E-state index contributed by atoms with van der Waals surface area (Å²) in [4.78, 5) is 19.8. The molecule has 2 N–H and O–H groups in total. The average molecular weight is 539 g/mol. The van der Waals surface area contributed by atoms with E-state index in [4.69, 9.17) is 10.2 Å². The van der Waals surface area contributed by atoms with Gasteiger partial charge in [0.1, 0.15) is 10.1 Å². The third-order valence-electron chi connectivity index (χ3n) is 3.86. The molecular weight excluding hydrogens is 503 g/mol. The quantitative estimate of drug-likeness (QED) is 0.314. The molecule has 0 aliphatic heterocycles. The molecule has 196 valence electrons. The molecule has 2 aromatic rings. The summed E-state index contributed by atoms with van der Waals surface area (Å²) in [5, 5.41) is 17.0. The second kappa shape index (κ2) is 22.4. The van der Waals surface area contributed by atoms with Crippen LogP contribution in [-0.2, 0) is 19.7 Å². The van der Waals surface area contributed by atoms with Crippen molar-refractivity contribution < 1.29 is 62.3 Å². The Morgan fingerprint density at radius 1 is 0.919 bits per heavy atom. The van der Waals surface area contributed by atoms with Gasteiger partial charge in [-0.05, 0) is 43.4 Å². The number of hydrogen-bond donors (Lipinski definition) is 2. The van der Waals surface area contributed by atoms with E-state index in [1.54, 1.807) is 37.3 Å². The van der Waals surface area contributed by atoms with E-state index < -0.39 is 22.1 Å². The first-order chi connectivity index (χ1) is 16.7. The van der Waals surface area contributed by atoms with Crippen LogP contribution in [0.15, 0.2) is 96.5 Å². The van der Waals surface area contributed by atoms with Crippen molar-refractivity contribution in [3.63, 3.8) is 0 Å². The molecule has 2 aromatic carbocycles. The first-order valence-electron chi connectivity index (χ1n) is 10.8. The van der Waals surface area contributed by atoms with Gasteiger partial charge in [-0.25, -0.2) is 18.0 Å². The van der Waals surface area contributed by atoms with Gasteiger partial charge in [0.25, 0.3) is 0 Å². The van der Waals surface area contributed by atoms with Crippen LogP contribution in [0.25, 0.3) is 12.2 Å². The Bertz CT molecular complexity index is 1090. The molecule has 0 fully saturated rings. The summed E-state index contributed by atoms with van der Waals surface area (Å²) in [6, 6.07) is 18.8. The fourth-order valence-corrected chi connectivity index (χ4v) is 2.14. The van der Waals surface area contributed by atoms with E-state index in [-0.39, 0.29) is 35.1 Å². The van der Waals surface area contributed by atoms with Gasteiger partial charge in [0.15, 0.2) is 0 Å². The largest absolute Gasteiger partial charge is 1.00 e. The van der Waals surface area contributed by atoms with E-state index >= 15 is 0 Å². The van der Waals surface area contributed by atoms with Crippen LogP contribution in [0.4, 0.5) is 0 Å². The van der Waals surface area contributed by atoms with Crippen LogP contribution in [-0.4, -0.2) is 35.1 Å². The van der Waals surface area contributed by atoms with Crippen molar-refractivity contribution in [3.8, 4) is 0 Å².